The lowest BCUT2D eigenvalue weighted by atomic mass is 10.1. The molecular formula is C17H14FN3O3. The summed E-state index contributed by atoms with van der Waals surface area (Å²) in [7, 11) is 1.29. The smallest absolute Gasteiger partial charge is 0.291 e. The van der Waals surface area contributed by atoms with Gasteiger partial charge in [0.05, 0.1) is 5.39 Å². The molecule has 7 heteroatoms. The van der Waals surface area contributed by atoms with Gasteiger partial charge in [-0.2, -0.15) is 0 Å². The predicted molar refractivity (Wildman–Crippen MR) is 86.1 cm³/mol. The van der Waals surface area contributed by atoms with Gasteiger partial charge in [-0.15, -0.1) is 4.73 Å². The average molecular weight is 327 g/mol. The summed E-state index contributed by atoms with van der Waals surface area (Å²) in [6.45, 7) is 0.264. The summed E-state index contributed by atoms with van der Waals surface area (Å²) in [4.78, 5) is 33.7. The first-order valence-corrected chi connectivity index (χ1v) is 7.17. The Morgan fingerprint density at radius 2 is 2.00 bits per heavy atom. The molecule has 0 saturated heterocycles. The minimum Gasteiger partial charge on any atom is -0.413 e. The fourth-order valence-electron chi connectivity index (χ4n) is 2.39. The maximum Gasteiger partial charge on any atom is 0.291 e. The molecule has 0 saturated carbocycles. The van der Waals surface area contributed by atoms with Crippen molar-refractivity contribution in [2.24, 2.45) is 0 Å². The Balaban J connectivity index is 1.98. The fourth-order valence-corrected chi connectivity index (χ4v) is 2.39. The standard InChI is InChI=1S/C17H14FN3O3/c1-24-21-15(16(22)20-10-11-4-6-19-7-5-11)9-12-8-13(18)2-3-14(12)17(21)23/h2-9H,10H2,1H3,(H,20,22). The largest absolute Gasteiger partial charge is 0.413 e. The second-order valence-electron chi connectivity index (χ2n) is 5.08. The fraction of sp³-hybridized carbons (Fsp3) is 0.118. The lowest BCUT2D eigenvalue weighted by Gasteiger charge is -2.12. The van der Waals surface area contributed by atoms with Crippen LogP contribution in [0.2, 0.25) is 0 Å². The number of pyridine rings is 2. The van der Waals surface area contributed by atoms with Crippen LogP contribution in [0.1, 0.15) is 16.1 Å². The van der Waals surface area contributed by atoms with E-state index in [2.05, 4.69) is 10.3 Å². The first-order chi connectivity index (χ1) is 11.6. The first-order valence-electron chi connectivity index (χ1n) is 7.17. The highest BCUT2D eigenvalue weighted by Crippen LogP contribution is 2.14. The number of hydrogen-bond acceptors (Lipinski definition) is 4. The average Bonchev–Trinajstić information content (AvgIpc) is 2.60. The Bertz CT molecular complexity index is 954. The van der Waals surface area contributed by atoms with Crippen LogP contribution in [0.4, 0.5) is 4.39 Å². The van der Waals surface area contributed by atoms with Crippen LogP contribution >= 0.6 is 0 Å². The zero-order chi connectivity index (χ0) is 17.1. The maximum atomic E-state index is 13.4. The molecule has 24 heavy (non-hydrogen) atoms. The van der Waals surface area contributed by atoms with Crippen LogP contribution < -0.4 is 15.7 Å². The molecule has 1 amide bonds. The third-order valence-electron chi connectivity index (χ3n) is 3.56. The molecule has 2 aromatic heterocycles. The Morgan fingerprint density at radius 3 is 2.71 bits per heavy atom. The monoisotopic (exact) mass is 327 g/mol. The highest BCUT2D eigenvalue weighted by molar-refractivity contribution is 5.96. The van der Waals surface area contributed by atoms with Gasteiger partial charge < -0.3 is 10.2 Å². The summed E-state index contributed by atoms with van der Waals surface area (Å²) in [6.07, 6.45) is 3.23. The second kappa shape index (κ2) is 6.49. The van der Waals surface area contributed by atoms with Crippen molar-refractivity contribution in [3.63, 3.8) is 0 Å². The van der Waals surface area contributed by atoms with Crippen molar-refractivity contribution in [1.82, 2.24) is 15.0 Å². The minimum absolute atomic E-state index is 0.00495. The van der Waals surface area contributed by atoms with Gasteiger partial charge in [-0.25, -0.2) is 4.39 Å². The Morgan fingerprint density at radius 1 is 1.25 bits per heavy atom. The van der Waals surface area contributed by atoms with E-state index in [9.17, 15) is 14.0 Å². The molecule has 0 spiro atoms. The number of halogens is 1. The number of carbonyl (C=O) groups is 1. The molecule has 1 aromatic carbocycles. The number of fused-ring (bicyclic) bond motifs is 1. The zero-order valence-electron chi connectivity index (χ0n) is 12.8. The van der Waals surface area contributed by atoms with Crippen LogP contribution in [-0.2, 0) is 6.54 Å². The molecule has 1 N–H and O–H groups in total. The third-order valence-corrected chi connectivity index (χ3v) is 3.56. The SMILES string of the molecule is COn1c(C(=O)NCc2ccncc2)cc2cc(F)ccc2c1=O. The number of nitrogens with one attached hydrogen (secondary N) is 1. The lowest BCUT2D eigenvalue weighted by Crippen LogP contribution is -2.34. The number of hydrogen-bond donors (Lipinski definition) is 1. The van der Waals surface area contributed by atoms with Crippen molar-refractivity contribution in [3.05, 3.63) is 76.2 Å². The van der Waals surface area contributed by atoms with Gasteiger partial charge in [0.25, 0.3) is 11.5 Å². The Kier molecular flexibility index (Phi) is 4.24. The number of nitrogens with zero attached hydrogens (tertiary/aromatic N) is 2. The highest BCUT2D eigenvalue weighted by Gasteiger charge is 2.16. The van der Waals surface area contributed by atoms with Crippen molar-refractivity contribution in [2.45, 2.75) is 6.54 Å². The second-order valence-corrected chi connectivity index (χ2v) is 5.08. The molecule has 0 aliphatic heterocycles. The van der Waals surface area contributed by atoms with Gasteiger partial charge in [-0.05, 0) is 47.3 Å². The molecule has 122 valence electrons. The quantitative estimate of drug-likeness (QED) is 0.789. The topological polar surface area (TPSA) is 73.2 Å². The zero-order valence-corrected chi connectivity index (χ0v) is 12.8. The minimum atomic E-state index is -0.524. The number of aromatic nitrogens is 2. The van der Waals surface area contributed by atoms with Crippen LogP contribution in [0.15, 0.2) is 53.6 Å². The van der Waals surface area contributed by atoms with E-state index in [0.29, 0.717) is 5.39 Å². The van der Waals surface area contributed by atoms with Gasteiger partial charge in [0, 0.05) is 18.9 Å². The lowest BCUT2D eigenvalue weighted by molar-refractivity contribution is 0.0882. The van der Waals surface area contributed by atoms with E-state index in [1.54, 1.807) is 24.5 Å². The predicted octanol–water partition coefficient (Wildman–Crippen LogP) is 1.52. The van der Waals surface area contributed by atoms with Crippen molar-refractivity contribution < 1.29 is 14.0 Å². The van der Waals surface area contributed by atoms with E-state index in [1.165, 1.54) is 31.4 Å². The van der Waals surface area contributed by atoms with Gasteiger partial charge in [0.15, 0.2) is 0 Å². The molecule has 3 rings (SSSR count). The van der Waals surface area contributed by atoms with Crippen LogP contribution in [0.25, 0.3) is 10.8 Å². The Labute approximate surface area is 136 Å². The number of amides is 1. The first kappa shape index (κ1) is 15.7. The van der Waals surface area contributed by atoms with E-state index in [-0.39, 0.29) is 17.6 Å². The van der Waals surface area contributed by atoms with E-state index in [1.807, 2.05) is 0 Å². The van der Waals surface area contributed by atoms with E-state index in [4.69, 9.17) is 4.84 Å². The van der Waals surface area contributed by atoms with E-state index >= 15 is 0 Å². The summed E-state index contributed by atoms with van der Waals surface area (Å²) in [5, 5.41) is 3.30. The molecule has 0 atom stereocenters. The molecule has 3 aromatic rings. The highest BCUT2D eigenvalue weighted by atomic mass is 19.1. The summed E-state index contributed by atoms with van der Waals surface area (Å²) in [6, 6.07) is 8.70. The molecule has 0 aliphatic carbocycles. The molecule has 0 radical (unpaired) electrons. The number of carbonyl (C=O) groups excluding carboxylic acids is 1. The van der Waals surface area contributed by atoms with Gasteiger partial charge in [0.1, 0.15) is 18.6 Å². The van der Waals surface area contributed by atoms with Gasteiger partial charge in [-0.3, -0.25) is 14.6 Å². The maximum absolute atomic E-state index is 13.4. The van der Waals surface area contributed by atoms with Gasteiger partial charge >= 0.3 is 0 Å². The summed E-state index contributed by atoms with van der Waals surface area (Å²) in [5.41, 5.74) is 0.329. The molecule has 0 fully saturated rings. The molecule has 0 unspecified atom stereocenters. The van der Waals surface area contributed by atoms with E-state index < -0.39 is 17.3 Å². The molecule has 0 bridgehead atoms. The van der Waals surface area contributed by atoms with Crippen molar-refractivity contribution >= 4 is 16.7 Å². The Hall–Kier alpha value is -3.22. The van der Waals surface area contributed by atoms with Crippen LogP contribution in [0.5, 0.6) is 0 Å². The number of rotatable bonds is 4. The normalized spacial score (nSPS) is 10.6. The summed E-state index contributed by atoms with van der Waals surface area (Å²) >= 11 is 0. The van der Waals surface area contributed by atoms with Crippen molar-refractivity contribution in [1.29, 1.82) is 0 Å². The molecular weight excluding hydrogens is 313 g/mol. The molecule has 2 heterocycles. The molecule has 0 aliphatic rings. The van der Waals surface area contributed by atoms with Crippen LogP contribution in [0.3, 0.4) is 0 Å². The molecule has 6 nitrogen and oxygen atoms in total. The number of benzene rings is 1. The van der Waals surface area contributed by atoms with Gasteiger partial charge in [-0.1, -0.05) is 0 Å². The van der Waals surface area contributed by atoms with Gasteiger partial charge in [0.2, 0.25) is 0 Å². The van der Waals surface area contributed by atoms with E-state index in [0.717, 1.165) is 10.3 Å². The van der Waals surface area contributed by atoms with Crippen LogP contribution in [-0.4, -0.2) is 22.7 Å². The van der Waals surface area contributed by atoms with Crippen molar-refractivity contribution in [3.8, 4) is 0 Å². The summed E-state index contributed by atoms with van der Waals surface area (Å²) in [5.74, 6) is -0.989. The van der Waals surface area contributed by atoms with Crippen molar-refractivity contribution in [2.75, 3.05) is 7.11 Å². The van der Waals surface area contributed by atoms with Crippen LogP contribution in [0, 0.1) is 5.82 Å². The summed E-state index contributed by atoms with van der Waals surface area (Å²) < 4.78 is 14.3. The third kappa shape index (κ3) is 2.96.